The molecule has 2 fully saturated rings. The van der Waals surface area contributed by atoms with Crippen molar-refractivity contribution in [3.63, 3.8) is 0 Å². The van der Waals surface area contributed by atoms with Crippen molar-refractivity contribution in [2.24, 2.45) is 0 Å². The fourth-order valence-electron chi connectivity index (χ4n) is 3.74. The number of likely N-dealkylation sites (tertiary alicyclic amines) is 1. The number of hydrogen-bond acceptors (Lipinski definition) is 5. The van der Waals surface area contributed by atoms with Gasteiger partial charge < -0.3 is 14.6 Å². The number of rotatable bonds is 4. The molecule has 7 heteroatoms. The topological polar surface area (TPSA) is 83.9 Å². The molecule has 0 saturated carbocycles. The van der Waals surface area contributed by atoms with Gasteiger partial charge in [-0.15, -0.1) is 4.31 Å². The molecule has 2 aliphatic heterocycles. The first-order chi connectivity index (χ1) is 13.3. The van der Waals surface area contributed by atoms with Crippen molar-refractivity contribution in [1.29, 1.82) is 0 Å². The second kappa shape index (κ2) is 9.22. The first-order valence-corrected chi connectivity index (χ1v) is 11.0. The van der Waals surface area contributed by atoms with Crippen LogP contribution in [0.3, 0.4) is 0 Å². The first kappa shape index (κ1) is 21.0. The molecule has 1 aromatic carbocycles. The number of aryl methyl sites for hydroxylation is 2. The number of hydrogen-bond donors (Lipinski definition) is 1. The van der Waals surface area contributed by atoms with Gasteiger partial charge in [-0.05, 0) is 61.6 Å². The standard InChI is InChI=1S/C21H28N2O4S/c1-15-13-17(21(26)22-8-3-18(24)4-9-22)14-16(2)20(15)7-12-28(27)23-10-5-19(25)6-11-23/h7,12-14,18,24H,3-6,8-11H2,1-2H3/b12-7+. The van der Waals surface area contributed by atoms with E-state index in [1.807, 2.05) is 36.4 Å². The summed E-state index contributed by atoms with van der Waals surface area (Å²) in [5.74, 6) is 0.225. The van der Waals surface area contributed by atoms with E-state index in [0.29, 0.717) is 57.4 Å². The Balaban J connectivity index is 1.69. The summed E-state index contributed by atoms with van der Waals surface area (Å²) in [6, 6.07) is 3.76. The highest BCUT2D eigenvalue weighted by molar-refractivity contribution is 7.92. The Labute approximate surface area is 169 Å². The molecule has 28 heavy (non-hydrogen) atoms. The van der Waals surface area contributed by atoms with Crippen molar-refractivity contribution < 1.29 is 19.2 Å². The summed E-state index contributed by atoms with van der Waals surface area (Å²) in [7, 11) is 0. The Morgan fingerprint density at radius 2 is 1.71 bits per heavy atom. The van der Waals surface area contributed by atoms with Crippen LogP contribution in [0.15, 0.2) is 17.5 Å². The van der Waals surface area contributed by atoms with Crippen molar-refractivity contribution in [2.45, 2.75) is 45.6 Å². The third-order valence-electron chi connectivity index (χ3n) is 5.48. The fraction of sp³-hybridized carbons (Fsp3) is 0.524. The largest absolute Gasteiger partial charge is 0.593 e. The van der Waals surface area contributed by atoms with Crippen LogP contribution in [0.5, 0.6) is 0 Å². The van der Waals surface area contributed by atoms with Gasteiger partial charge in [0.05, 0.1) is 30.6 Å². The maximum Gasteiger partial charge on any atom is 0.253 e. The molecule has 152 valence electrons. The third kappa shape index (κ3) is 5.03. The van der Waals surface area contributed by atoms with Gasteiger partial charge in [-0.3, -0.25) is 9.59 Å². The van der Waals surface area contributed by atoms with Crippen LogP contribution in [-0.2, 0) is 16.2 Å². The van der Waals surface area contributed by atoms with E-state index in [9.17, 15) is 19.2 Å². The molecule has 2 aliphatic rings. The number of ketones is 1. The number of aliphatic hydroxyl groups is 1. The average Bonchev–Trinajstić information content (AvgIpc) is 2.67. The van der Waals surface area contributed by atoms with Crippen molar-refractivity contribution >= 4 is 29.1 Å². The molecule has 1 N–H and O–H groups in total. The molecule has 1 unspecified atom stereocenters. The summed E-state index contributed by atoms with van der Waals surface area (Å²) in [4.78, 5) is 25.9. The molecule has 0 spiro atoms. The van der Waals surface area contributed by atoms with Gasteiger partial charge in [-0.25, -0.2) is 0 Å². The van der Waals surface area contributed by atoms with E-state index in [1.165, 1.54) is 0 Å². The minimum absolute atomic E-state index is 0.00445. The van der Waals surface area contributed by atoms with Gasteiger partial charge in [0, 0.05) is 31.5 Å². The minimum atomic E-state index is -1.26. The molecule has 1 amide bonds. The highest BCUT2D eigenvalue weighted by Crippen LogP contribution is 2.22. The van der Waals surface area contributed by atoms with Gasteiger partial charge in [0.2, 0.25) is 0 Å². The van der Waals surface area contributed by atoms with Crippen molar-refractivity contribution in [3.8, 4) is 0 Å². The highest BCUT2D eigenvalue weighted by atomic mass is 32.2. The van der Waals surface area contributed by atoms with E-state index in [1.54, 1.807) is 10.3 Å². The molecule has 1 aromatic rings. The summed E-state index contributed by atoms with van der Waals surface area (Å²) >= 11 is -1.26. The molecular formula is C21H28N2O4S. The summed E-state index contributed by atoms with van der Waals surface area (Å²) in [6.07, 6.45) is 3.71. The highest BCUT2D eigenvalue weighted by Gasteiger charge is 2.25. The Kier molecular flexibility index (Phi) is 6.93. The number of piperidine rings is 2. The Hall–Kier alpha value is -1.67. The molecule has 0 radical (unpaired) electrons. The molecule has 1 atom stereocenters. The van der Waals surface area contributed by atoms with Crippen LogP contribution in [0.1, 0.15) is 52.7 Å². The molecule has 0 bridgehead atoms. The summed E-state index contributed by atoms with van der Waals surface area (Å²) in [5, 5.41) is 11.3. The van der Waals surface area contributed by atoms with E-state index < -0.39 is 11.4 Å². The summed E-state index contributed by atoms with van der Waals surface area (Å²) in [6.45, 7) is 6.13. The van der Waals surface area contributed by atoms with Crippen LogP contribution in [0.2, 0.25) is 0 Å². The number of carbonyl (C=O) groups excluding carboxylic acids is 2. The molecule has 0 aromatic heterocycles. The molecule has 0 aliphatic carbocycles. The van der Waals surface area contributed by atoms with Crippen molar-refractivity contribution in [2.75, 3.05) is 26.2 Å². The second-order valence-electron chi connectivity index (χ2n) is 7.59. The Morgan fingerprint density at radius 3 is 2.29 bits per heavy atom. The zero-order chi connectivity index (χ0) is 20.3. The predicted molar refractivity (Wildman–Crippen MR) is 110 cm³/mol. The molecule has 6 nitrogen and oxygen atoms in total. The van der Waals surface area contributed by atoms with Gasteiger partial charge in [0.15, 0.2) is 0 Å². The van der Waals surface area contributed by atoms with Gasteiger partial charge in [-0.1, -0.05) is 0 Å². The SMILES string of the molecule is Cc1cc(C(=O)N2CCC(O)CC2)cc(C)c1/C=C/[S+]([O-])N1CCC(=O)CC1. The van der Waals surface area contributed by atoms with Crippen LogP contribution in [0.4, 0.5) is 0 Å². The van der Waals surface area contributed by atoms with Gasteiger partial charge in [0.25, 0.3) is 5.91 Å². The maximum atomic E-state index is 12.8. The number of aliphatic hydroxyl groups excluding tert-OH is 1. The van der Waals surface area contributed by atoms with Crippen LogP contribution in [0, 0.1) is 13.8 Å². The number of nitrogens with zero attached hydrogens (tertiary/aromatic N) is 2. The smallest absolute Gasteiger partial charge is 0.253 e. The van der Waals surface area contributed by atoms with E-state index in [-0.39, 0.29) is 17.8 Å². The zero-order valence-corrected chi connectivity index (χ0v) is 17.3. The number of amides is 1. The maximum absolute atomic E-state index is 12.8. The summed E-state index contributed by atoms with van der Waals surface area (Å²) < 4.78 is 14.3. The quantitative estimate of drug-likeness (QED) is 0.778. The molecule has 2 saturated heterocycles. The lowest BCUT2D eigenvalue weighted by Crippen LogP contribution is -2.40. The second-order valence-corrected chi connectivity index (χ2v) is 8.93. The average molecular weight is 405 g/mol. The first-order valence-electron chi connectivity index (χ1n) is 9.79. The monoisotopic (exact) mass is 404 g/mol. The van der Waals surface area contributed by atoms with E-state index in [2.05, 4.69) is 0 Å². The lowest BCUT2D eigenvalue weighted by atomic mass is 9.98. The number of benzene rings is 1. The number of Topliss-reactive ketones (excluding diaryl/α,β-unsaturated/α-hetero) is 1. The lowest BCUT2D eigenvalue weighted by Gasteiger charge is -2.30. The fourth-order valence-corrected chi connectivity index (χ4v) is 4.71. The van der Waals surface area contributed by atoms with Gasteiger partial charge in [-0.2, -0.15) is 0 Å². The summed E-state index contributed by atoms with van der Waals surface area (Å²) in [5.41, 5.74) is 3.54. The third-order valence-corrected chi connectivity index (χ3v) is 6.72. The normalized spacial score (nSPS) is 20.7. The van der Waals surface area contributed by atoms with Crippen LogP contribution < -0.4 is 0 Å². The van der Waals surface area contributed by atoms with Crippen LogP contribution in [0.25, 0.3) is 6.08 Å². The van der Waals surface area contributed by atoms with E-state index in [0.717, 1.165) is 16.7 Å². The lowest BCUT2D eigenvalue weighted by molar-refractivity contribution is -0.120. The van der Waals surface area contributed by atoms with Gasteiger partial charge >= 0.3 is 0 Å². The van der Waals surface area contributed by atoms with Crippen molar-refractivity contribution in [1.82, 2.24) is 9.21 Å². The van der Waals surface area contributed by atoms with E-state index in [4.69, 9.17) is 0 Å². The van der Waals surface area contributed by atoms with Crippen LogP contribution in [-0.4, -0.2) is 62.8 Å². The zero-order valence-electron chi connectivity index (χ0n) is 16.5. The van der Waals surface area contributed by atoms with E-state index >= 15 is 0 Å². The predicted octanol–water partition coefficient (Wildman–Crippen LogP) is 2.20. The molecule has 3 rings (SSSR count). The molecule has 2 heterocycles. The Bertz CT molecular complexity index is 739. The minimum Gasteiger partial charge on any atom is -0.593 e. The van der Waals surface area contributed by atoms with Crippen LogP contribution >= 0.6 is 0 Å². The Morgan fingerprint density at radius 1 is 1.14 bits per heavy atom. The number of carbonyl (C=O) groups is 2. The van der Waals surface area contributed by atoms with Gasteiger partial charge in [0.1, 0.15) is 11.2 Å². The molecular weight excluding hydrogens is 376 g/mol. The van der Waals surface area contributed by atoms with Crippen molar-refractivity contribution in [3.05, 3.63) is 39.8 Å².